The average molecular weight is 371 g/mol. The fourth-order valence-electron chi connectivity index (χ4n) is 3.28. The van der Waals surface area contributed by atoms with Gasteiger partial charge in [0, 0.05) is 6.54 Å². The third kappa shape index (κ3) is 2.72. The van der Waals surface area contributed by atoms with E-state index in [0.717, 1.165) is 4.57 Å². The van der Waals surface area contributed by atoms with Crippen LogP contribution >= 0.6 is 0 Å². The number of hydrogen-bond donors (Lipinski definition) is 4. The van der Waals surface area contributed by atoms with Gasteiger partial charge in [0.05, 0.1) is 6.10 Å². The normalized spacial score (nSPS) is 27.3. The fraction of sp³-hybridized carbons (Fsp3) is 0.667. The molecule has 0 aliphatic carbocycles. The van der Waals surface area contributed by atoms with Gasteiger partial charge in [-0.1, -0.05) is 13.8 Å². The van der Waals surface area contributed by atoms with Gasteiger partial charge in [0.25, 0.3) is 5.56 Å². The number of nitrogen functional groups attached to an aromatic ring is 1. The maximum atomic E-state index is 14.4. The minimum absolute atomic E-state index is 0.0308. The highest BCUT2D eigenvalue weighted by molar-refractivity contribution is 5.71. The third-order valence-electron chi connectivity index (χ3n) is 4.56. The molecule has 2 aromatic heterocycles. The van der Waals surface area contributed by atoms with Crippen molar-refractivity contribution in [2.45, 2.75) is 63.9 Å². The van der Waals surface area contributed by atoms with E-state index >= 15 is 0 Å². The van der Waals surface area contributed by atoms with E-state index in [1.807, 2.05) is 6.92 Å². The van der Waals surface area contributed by atoms with Crippen LogP contribution in [-0.2, 0) is 11.3 Å². The molecular weight excluding hydrogens is 349 g/mol. The summed E-state index contributed by atoms with van der Waals surface area (Å²) in [4.78, 5) is 31.4. The highest BCUT2D eigenvalue weighted by atomic mass is 19.1. The number of aryl methyl sites for hydroxylation is 1. The molecule has 5 atom stereocenters. The number of anilines is 1. The maximum absolute atomic E-state index is 14.4. The van der Waals surface area contributed by atoms with E-state index in [-0.39, 0.29) is 30.1 Å². The molecule has 1 unspecified atom stereocenters. The minimum Gasteiger partial charge on any atom is -0.390 e. The standard InChI is InChI=1S/C15H22FN5O5/c1-3-5-20-8-11(18-14(17)19-12(8)24)21(15(20)25)13-9(23)7(16)10(26-13)6(22)4-2/h6-7,9-10,13,22-23H,3-5H2,1-2H3,(H3,17,18,19,24)/t6?,7-,9-,10-,13-/m1/s1. The van der Waals surface area contributed by atoms with Crippen LogP contribution in [0.15, 0.2) is 9.59 Å². The molecule has 0 aromatic carbocycles. The summed E-state index contributed by atoms with van der Waals surface area (Å²) in [6, 6.07) is 0. The van der Waals surface area contributed by atoms with Crippen molar-refractivity contribution in [3.8, 4) is 0 Å². The lowest BCUT2D eigenvalue weighted by Gasteiger charge is -2.18. The fourth-order valence-corrected chi connectivity index (χ4v) is 3.28. The molecule has 0 radical (unpaired) electrons. The Morgan fingerprint density at radius 1 is 1.42 bits per heavy atom. The van der Waals surface area contributed by atoms with Crippen molar-refractivity contribution in [3.63, 3.8) is 0 Å². The van der Waals surface area contributed by atoms with Gasteiger partial charge in [0.1, 0.15) is 12.2 Å². The predicted molar refractivity (Wildman–Crippen MR) is 90.4 cm³/mol. The number of nitrogens with two attached hydrogens (primary N) is 1. The number of fused-ring (bicyclic) bond motifs is 1. The first kappa shape index (κ1) is 18.5. The summed E-state index contributed by atoms with van der Waals surface area (Å²) in [7, 11) is 0. The Labute approximate surface area is 147 Å². The molecule has 0 spiro atoms. The van der Waals surface area contributed by atoms with Gasteiger partial charge in [-0.3, -0.25) is 14.3 Å². The van der Waals surface area contributed by atoms with Crippen molar-refractivity contribution in [2.75, 3.05) is 5.73 Å². The summed E-state index contributed by atoms with van der Waals surface area (Å²) >= 11 is 0. The highest BCUT2D eigenvalue weighted by Gasteiger charge is 2.49. The second-order valence-corrected chi connectivity index (χ2v) is 6.33. The van der Waals surface area contributed by atoms with Crippen LogP contribution in [-0.4, -0.2) is 53.8 Å². The van der Waals surface area contributed by atoms with Crippen molar-refractivity contribution < 1.29 is 19.3 Å². The van der Waals surface area contributed by atoms with Crippen LogP contribution in [0.3, 0.4) is 0 Å². The molecule has 3 rings (SSSR count). The Kier molecular flexibility index (Phi) is 4.86. The quantitative estimate of drug-likeness (QED) is 0.540. The number of aliphatic hydroxyl groups excluding tert-OH is 2. The van der Waals surface area contributed by atoms with E-state index in [4.69, 9.17) is 10.5 Å². The van der Waals surface area contributed by atoms with E-state index in [0.29, 0.717) is 6.42 Å². The lowest BCUT2D eigenvalue weighted by molar-refractivity contribution is -0.0799. The molecule has 144 valence electrons. The topological polar surface area (TPSA) is 148 Å². The lowest BCUT2D eigenvalue weighted by atomic mass is 10.1. The SMILES string of the molecule is CCCn1c(=O)n([C@@H]2O[C@H](C(O)CC)[C@H](F)[C@H]2O)c2nc(N)[nH]c(=O)c21. The number of rotatable bonds is 5. The van der Waals surface area contributed by atoms with Crippen molar-refractivity contribution in [2.24, 2.45) is 0 Å². The first-order chi connectivity index (χ1) is 12.3. The van der Waals surface area contributed by atoms with E-state index in [1.165, 1.54) is 4.57 Å². The third-order valence-corrected chi connectivity index (χ3v) is 4.56. The maximum Gasteiger partial charge on any atom is 0.332 e. The monoisotopic (exact) mass is 371 g/mol. The summed E-state index contributed by atoms with van der Waals surface area (Å²) in [5, 5.41) is 20.2. The van der Waals surface area contributed by atoms with Crippen LogP contribution < -0.4 is 17.0 Å². The molecule has 10 nitrogen and oxygen atoms in total. The molecule has 1 aliphatic heterocycles. The smallest absolute Gasteiger partial charge is 0.332 e. The molecule has 1 saturated heterocycles. The molecule has 2 aromatic rings. The number of aromatic nitrogens is 4. The van der Waals surface area contributed by atoms with E-state index in [2.05, 4.69) is 9.97 Å². The molecule has 0 bridgehead atoms. The van der Waals surface area contributed by atoms with E-state index < -0.39 is 42.0 Å². The Morgan fingerprint density at radius 2 is 2.12 bits per heavy atom. The van der Waals surface area contributed by atoms with Crippen LogP contribution in [0.25, 0.3) is 11.2 Å². The number of nitrogens with one attached hydrogen (secondary N) is 1. The van der Waals surface area contributed by atoms with Gasteiger partial charge in [0.15, 0.2) is 23.6 Å². The van der Waals surface area contributed by atoms with Crippen molar-refractivity contribution >= 4 is 17.1 Å². The van der Waals surface area contributed by atoms with Crippen molar-refractivity contribution in [3.05, 3.63) is 20.8 Å². The first-order valence-corrected chi connectivity index (χ1v) is 8.47. The predicted octanol–water partition coefficient (Wildman–Crippen LogP) is -0.754. The number of nitrogens with zero attached hydrogens (tertiary/aromatic N) is 3. The average Bonchev–Trinajstić information content (AvgIpc) is 3.03. The number of aromatic amines is 1. The molecule has 1 aliphatic rings. The molecule has 1 fully saturated rings. The molecule has 11 heteroatoms. The number of halogens is 1. The van der Waals surface area contributed by atoms with Crippen LogP contribution in [0.1, 0.15) is 32.9 Å². The molecule has 0 amide bonds. The van der Waals surface area contributed by atoms with Gasteiger partial charge in [0.2, 0.25) is 5.95 Å². The molecular formula is C15H22FN5O5. The van der Waals surface area contributed by atoms with Gasteiger partial charge in [-0.05, 0) is 12.8 Å². The summed E-state index contributed by atoms with van der Waals surface area (Å²) in [6.07, 6.45) is -6.71. The molecule has 26 heavy (non-hydrogen) atoms. The van der Waals surface area contributed by atoms with Crippen molar-refractivity contribution in [1.29, 1.82) is 0 Å². The summed E-state index contributed by atoms with van der Waals surface area (Å²) in [5.74, 6) is -0.223. The first-order valence-electron chi connectivity index (χ1n) is 8.47. The zero-order chi connectivity index (χ0) is 19.2. The zero-order valence-electron chi connectivity index (χ0n) is 14.4. The van der Waals surface area contributed by atoms with E-state index in [9.17, 15) is 24.2 Å². The largest absolute Gasteiger partial charge is 0.390 e. The van der Waals surface area contributed by atoms with Gasteiger partial charge in [-0.25, -0.2) is 13.8 Å². The van der Waals surface area contributed by atoms with Crippen molar-refractivity contribution in [1.82, 2.24) is 19.1 Å². The number of H-pyrrole nitrogens is 1. The Hall–Kier alpha value is -2.24. The summed E-state index contributed by atoms with van der Waals surface area (Å²) in [5.41, 5.74) is 4.15. The van der Waals surface area contributed by atoms with Crippen LogP contribution in [0.5, 0.6) is 0 Å². The van der Waals surface area contributed by atoms with Crippen LogP contribution in [0, 0.1) is 0 Å². The second kappa shape index (κ2) is 6.82. The molecule has 5 N–H and O–H groups in total. The van der Waals surface area contributed by atoms with Crippen LogP contribution in [0.4, 0.5) is 10.3 Å². The number of aliphatic hydroxyl groups is 2. The van der Waals surface area contributed by atoms with Gasteiger partial charge in [-0.15, -0.1) is 0 Å². The number of hydrogen-bond acceptors (Lipinski definition) is 7. The molecule has 0 saturated carbocycles. The number of imidazole rings is 1. The van der Waals surface area contributed by atoms with Gasteiger partial charge < -0.3 is 20.7 Å². The van der Waals surface area contributed by atoms with Crippen LogP contribution in [0.2, 0.25) is 0 Å². The summed E-state index contributed by atoms with van der Waals surface area (Å²) in [6.45, 7) is 3.68. The van der Waals surface area contributed by atoms with Gasteiger partial charge in [-0.2, -0.15) is 4.98 Å². The summed E-state index contributed by atoms with van der Waals surface area (Å²) < 4.78 is 22.0. The highest BCUT2D eigenvalue weighted by Crippen LogP contribution is 2.34. The number of ether oxygens (including phenoxy) is 1. The Bertz CT molecular complexity index is 922. The Balaban J connectivity index is 2.21. The lowest BCUT2D eigenvalue weighted by Crippen LogP contribution is -2.36. The minimum atomic E-state index is -1.90. The zero-order valence-corrected chi connectivity index (χ0v) is 14.4. The Morgan fingerprint density at radius 3 is 2.73 bits per heavy atom. The van der Waals surface area contributed by atoms with E-state index in [1.54, 1.807) is 6.92 Å². The number of alkyl halides is 1. The van der Waals surface area contributed by atoms with Gasteiger partial charge >= 0.3 is 5.69 Å². The second-order valence-electron chi connectivity index (χ2n) is 6.33. The molecule has 3 heterocycles.